The smallest absolute Gasteiger partial charge is 0.301 e. The normalized spacial score (nSPS) is 11.9. The summed E-state index contributed by atoms with van der Waals surface area (Å²) in [6.45, 7) is 0. The number of aliphatic imine (C=N–C) groups is 1. The highest BCUT2D eigenvalue weighted by Crippen LogP contribution is 1.94. The number of hydrogen-bond donors (Lipinski definition) is 2. The Bertz CT molecular complexity index is 356. The molecule has 0 aliphatic heterocycles. The molecule has 0 aromatic carbocycles. The van der Waals surface area contributed by atoms with Gasteiger partial charge in [-0.05, 0) is 12.1 Å². The average Bonchev–Trinajstić information content (AvgIpc) is 2.64. The summed E-state index contributed by atoms with van der Waals surface area (Å²) in [5.41, 5.74) is 1.70. The van der Waals surface area contributed by atoms with Crippen molar-refractivity contribution in [1.29, 1.82) is 0 Å². The van der Waals surface area contributed by atoms with Crippen LogP contribution in [0, 0.1) is 10.1 Å². The minimum atomic E-state index is -0.814. The fourth-order valence-corrected chi connectivity index (χ4v) is 0.662. The van der Waals surface area contributed by atoms with Crippen LogP contribution in [-0.2, 0) is 0 Å². The lowest BCUT2D eigenvalue weighted by atomic mass is 10.5. The first kappa shape index (κ1) is 9.71. The Kier molecular flexibility index (Phi) is 3.19. The van der Waals surface area contributed by atoms with Crippen LogP contribution in [0.25, 0.3) is 0 Å². The molecule has 8 nitrogen and oxygen atoms in total. The van der Waals surface area contributed by atoms with Crippen LogP contribution in [0.2, 0.25) is 0 Å². The molecule has 0 unspecified atom stereocenters. The lowest BCUT2D eigenvalue weighted by Crippen LogP contribution is -2.28. The van der Waals surface area contributed by atoms with Crippen molar-refractivity contribution in [3.05, 3.63) is 34.3 Å². The third kappa shape index (κ3) is 2.93. The number of furan rings is 1. The summed E-state index contributed by atoms with van der Waals surface area (Å²) >= 11 is 0. The zero-order chi connectivity index (χ0) is 10.4. The number of nitrogens with one attached hydrogen (secondary N) is 1. The number of nitrogens with two attached hydrogens (primary N) is 1. The van der Waals surface area contributed by atoms with Gasteiger partial charge in [-0.2, -0.15) is 0 Å². The van der Waals surface area contributed by atoms with Crippen LogP contribution < -0.4 is 11.3 Å². The lowest BCUT2D eigenvalue weighted by Gasteiger charge is -1.92. The summed E-state index contributed by atoms with van der Waals surface area (Å²) in [6, 6.07) is 3.28. The molecule has 0 saturated carbocycles. The third-order valence-corrected chi connectivity index (χ3v) is 1.17. The third-order valence-electron chi connectivity index (χ3n) is 1.17. The Morgan fingerprint density at radius 2 is 2.57 bits per heavy atom. The maximum Gasteiger partial charge on any atom is 0.301 e. The highest BCUT2D eigenvalue weighted by Gasteiger charge is 2.01. The molecule has 0 aliphatic carbocycles. The number of nitrogens with zero attached hydrogens (tertiary/aromatic N) is 3. The second kappa shape index (κ2) is 4.60. The van der Waals surface area contributed by atoms with Gasteiger partial charge >= 0.3 is 5.96 Å². The average molecular weight is 197 g/mol. The van der Waals surface area contributed by atoms with Gasteiger partial charge in [-0.25, -0.2) is 15.1 Å². The predicted octanol–water partition coefficient (Wildman–Crippen LogP) is -0.290. The Labute approximate surface area is 78.2 Å². The van der Waals surface area contributed by atoms with Gasteiger partial charge in [0.05, 0.1) is 12.5 Å². The molecule has 0 amide bonds. The van der Waals surface area contributed by atoms with Crippen LogP contribution in [0.1, 0.15) is 5.76 Å². The molecule has 0 atom stereocenters. The molecule has 1 aromatic rings. The van der Waals surface area contributed by atoms with E-state index in [0.29, 0.717) is 5.76 Å². The zero-order valence-electron chi connectivity index (χ0n) is 6.95. The Morgan fingerprint density at radius 3 is 3.07 bits per heavy atom. The molecule has 74 valence electrons. The van der Waals surface area contributed by atoms with Crippen molar-refractivity contribution < 1.29 is 9.45 Å². The van der Waals surface area contributed by atoms with Gasteiger partial charge in [-0.15, -0.1) is 5.10 Å². The van der Waals surface area contributed by atoms with E-state index in [4.69, 9.17) is 10.3 Å². The van der Waals surface area contributed by atoms with E-state index in [9.17, 15) is 10.1 Å². The van der Waals surface area contributed by atoms with Gasteiger partial charge < -0.3 is 10.3 Å². The Hall–Kier alpha value is -2.38. The van der Waals surface area contributed by atoms with Gasteiger partial charge in [0.15, 0.2) is 5.03 Å². The van der Waals surface area contributed by atoms with Crippen molar-refractivity contribution in [1.82, 2.24) is 5.43 Å². The zero-order valence-corrected chi connectivity index (χ0v) is 6.95. The van der Waals surface area contributed by atoms with E-state index in [-0.39, 0.29) is 5.96 Å². The summed E-state index contributed by atoms with van der Waals surface area (Å²) < 4.78 is 4.89. The number of hydrazone groups is 1. The number of rotatable bonds is 2. The minimum Gasteiger partial charge on any atom is -0.463 e. The monoisotopic (exact) mass is 197 g/mol. The standard InChI is InChI=1S/C6H7N5O3/c7-9-6(10-11(12)13)8-4-5-2-1-3-14-5/h1-4H,7H2,(H,9,10). The van der Waals surface area contributed by atoms with E-state index < -0.39 is 5.03 Å². The minimum absolute atomic E-state index is 0.314. The summed E-state index contributed by atoms with van der Waals surface area (Å²) in [4.78, 5) is 13.6. The molecular formula is C6H7N5O3. The topological polar surface area (TPSA) is 119 Å². The molecule has 1 heterocycles. The van der Waals surface area contributed by atoms with Gasteiger partial charge in [0.1, 0.15) is 5.76 Å². The van der Waals surface area contributed by atoms with Crippen molar-refractivity contribution in [3.63, 3.8) is 0 Å². The van der Waals surface area contributed by atoms with E-state index in [2.05, 4.69) is 10.1 Å². The van der Waals surface area contributed by atoms with Gasteiger partial charge in [0.2, 0.25) is 0 Å². The van der Waals surface area contributed by atoms with Crippen molar-refractivity contribution >= 4 is 12.2 Å². The van der Waals surface area contributed by atoms with E-state index >= 15 is 0 Å². The van der Waals surface area contributed by atoms with E-state index in [0.717, 1.165) is 0 Å². The van der Waals surface area contributed by atoms with Crippen molar-refractivity contribution in [2.24, 2.45) is 15.9 Å². The van der Waals surface area contributed by atoms with Gasteiger partial charge in [0, 0.05) is 0 Å². The second-order valence-electron chi connectivity index (χ2n) is 2.10. The summed E-state index contributed by atoms with van der Waals surface area (Å²) in [5.74, 6) is 4.96. The van der Waals surface area contributed by atoms with Crippen molar-refractivity contribution in [3.8, 4) is 0 Å². The molecule has 0 radical (unpaired) electrons. The molecule has 0 fully saturated rings. The molecule has 8 heteroatoms. The summed E-state index contributed by atoms with van der Waals surface area (Å²) in [6.07, 6.45) is 2.70. The fourth-order valence-electron chi connectivity index (χ4n) is 0.662. The van der Waals surface area contributed by atoms with Gasteiger partial charge in [-0.3, -0.25) is 0 Å². The predicted molar refractivity (Wildman–Crippen MR) is 48.1 cm³/mol. The largest absolute Gasteiger partial charge is 0.463 e. The molecule has 0 bridgehead atoms. The molecule has 0 aliphatic rings. The van der Waals surface area contributed by atoms with Crippen molar-refractivity contribution in [2.75, 3.05) is 0 Å². The summed E-state index contributed by atoms with van der Waals surface area (Å²) in [7, 11) is 0. The first-order valence-corrected chi connectivity index (χ1v) is 3.49. The van der Waals surface area contributed by atoms with E-state index in [1.54, 1.807) is 17.6 Å². The fraction of sp³-hybridized carbons (Fsp3) is 0. The number of guanidine groups is 1. The van der Waals surface area contributed by atoms with Gasteiger partial charge in [0.25, 0.3) is 0 Å². The van der Waals surface area contributed by atoms with E-state index in [1.807, 2.05) is 0 Å². The Morgan fingerprint density at radius 1 is 1.79 bits per heavy atom. The van der Waals surface area contributed by atoms with Crippen LogP contribution in [-0.4, -0.2) is 17.2 Å². The number of nitro groups is 1. The molecule has 1 aromatic heterocycles. The molecule has 0 saturated heterocycles. The molecule has 1 rings (SSSR count). The Balaban J connectivity index is 2.62. The van der Waals surface area contributed by atoms with Gasteiger partial charge in [-0.1, -0.05) is 5.43 Å². The quantitative estimate of drug-likeness (QED) is 0.222. The second-order valence-corrected chi connectivity index (χ2v) is 2.10. The maximum atomic E-state index is 9.99. The van der Waals surface area contributed by atoms with Crippen LogP contribution in [0.5, 0.6) is 0 Å². The molecule has 0 spiro atoms. The highest BCUT2D eigenvalue weighted by atomic mass is 16.7. The molecule has 3 N–H and O–H groups in total. The highest BCUT2D eigenvalue weighted by molar-refractivity contribution is 5.91. The van der Waals surface area contributed by atoms with E-state index in [1.165, 1.54) is 12.5 Å². The van der Waals surface area contributed by atoms with Crippen LogP contribution in [0.4, 0.5) is 0 Å². The SMILES string of the molecule is NN=C(N=Cc1ccco1)N[N+](=O)[O-]. The van der Waals surface area contributed by atoms with Crippen LogP contribution in [0.15, 0.2) is 32.9 Å². The maximum absolute atomic E-state index is 9.99. The first-order valence-electron chi connectivity index (χ1n) is 3.49. The number of hydrogen-bond acceptors (Lipinski definition) is 5. The lowest BCUT2D eigenvalue weighted by molar-refractivity contribution is -0.525. The first-order chi connectivity index (χ1) is 6.72. The van der Waals surface area contributed by atoms with Crippen LogP contribution in [0.3, 0.4) is 0 Å². The summed E-state index contributed by atoms with van der Waals surface area (Å²) in [5, 5.41) is 12.2. The molecule has 14 heavy (non-hydrogen) atoms. The van der Waals surface area contributed by atoms with Crippen LogP contribution >= 0.6 is 0 Å². The number of hydrazine groups is 1. The van der Waals surface area contributed by atoms with Crippen molar-refractivity contribution in [2.45, 2.75) is 0 Å². The molecular weight excluding hydrogens is 190 g/mol.